The Hall–Kier alpha value is -0.980. The molecule has 6 heteroatoms. The van der Waals surface area contributed by atoms with Crippen LogP contribution in [0.25, 0.3) is 0 Å². The van der Waals surface area contributed by atoms with Crippen LogP contribution in [0.1, 0.15) is 37.7 Å². The molecular formula is C15H23FN2O2S. The molecule has 0 atom stereocenters. The molecule has 1 saturated carbocycles. The molecule has 1 aromatic rings. The van der Waals surface area contributed by atoms with E-state index in [1.54, 1.807) is 7.05 Å². The van der Waals surface area contributed by atoms with E-state index in [-0.39, 0.29) is 11.4 Å². The number of halogens is 1. The van der Waals surface area contributed by atoms with Crippen molar-refractivity contribution in [1.82, 2.24) is 4.31 Å². The van der Waals surface area contributed by atoms with Gasteiger partial charge in [-0.3, -0.25) is 0 Å². The summed E-state index contributed by atoms with van der Waals surface area (Å²) in [5.41, 5.74) is 6.03. The van der Waals surface area contributed by atoms with Crippen LogP contribution in [0.2, 0.25) is 0 Å². The highest BCUT2D eigenvalue weighted by molar-refractivity contribution is 7.89. The van der Waals surface area contributed by atoms with Crippen LogP contribution in [0.15, 0.2) is 23.1 Å². The predicted octanol–water partition coefficient (Wildman–Crippen LogP) is 2.49. The number of sulfonamides is 1. The maximum Gasteiger partial charge on any atom is 0.243 e. The first-order valence-electron chi connectivity index (χ1n) is 7.40. The van der Waals surface area contributed by atoms with Crippen molar-refractivity contribution in [2.75, 3.05) is 13.6 Å². The molecule has 0 bridgehead atoms. The van der Waals surface area contributed by atoms with E-state index in [1.165, 1.54) is 22.9 Å². The molecular weight excluding hydrogens is 291 g/mol. The molecule has 1 aliphatic rings. The number of benzene rings is 1. The van der Waals surface area contributed by atoms with Crippen LogP contribution < -0.4 is 5.73 Å². The van der Waals surface area contributed by atoms with Gasteiger partial charge in [-0.05, 0) is 36.5 Å². The zero-order valence-corrected chi connectivity index (χ0v) is 13.2. The van der Waals surface area contributed by atoms with Gasteiger partial charge in [0.15, 0.2) is 0 Å². The number of hydrogen-bond donors (Lipinski definition) is 1. The predicted molar refractivity (Wildman–Crippen MR) is 80.7 cm³/mol. The van der Waals surface area contributed by atoms with E-state index in [1.807, 2.05) is 0 Å². The van der Waals surface area contributed by atoms with Gasteiger partial charge in [-0.2, -0.15) is 0 Å². The zero-order chi connectivity index (χ0) is 15.5. The van der Waals surface area contributed by atoms with Crippen molar-refractivity contribution in [3.8, 4) is 0 Å². The summed E-state index contributed by atoms with van der Waals surface area (Å²) >= 11 is 0. The highest BCUT2D eigenvalue weighted by Gasteiger charge is 2.27. The molecule has 0 amide bonds. The molecule has 118 valence electrons. The summed E-state index contributed by atoms with van der Waals surface area (Å²) in [6.07, 6.45) is 5.67. The van der Waals surface area contributed by atoms with Crippen LogP contribution in [-0.2, 0) is 16.6 Å². The van der Waals surface area contributed by atoms with Crippen molar-refractivity contribution in [3.63, 3.8) is 0 Å². The van der Waals surface area contributed by atoms with Crippen molar-refractivity contribution in [2.45, 2.75) is 43.5 Å². The molecule has 21 heavy (non-hydrogen) atoms. The third-order valence-corrected chi connectivity index (χ3v) is 6.08. The molecule has 0 saturated heterocycles. The summed E-state index contributed by atoms with van der Waals surface area (Å²) in [7, 11) is -2.13. The maximum atomic E-state index is 13.4. The first-order valence-corrected chi connectivity index (χ1v) is 8.84. The first kappa shape index (κ1) is 16.4. The Kier molecular flexibility index (Phi) is 5.35. The third-order valence-electron chi connectivity index (χ3n) is 4.18. The molecule has 1 fully saturated rings. The van der Waals surface area contributed by atoms with E-state index in [0.717, 1.165) is 31.7 Å². The minimum atomic E-state index is -3.69. The monoisotopic (exact) mass is 314 g/mol. The molecule has 0 aromatic heterocycles. The fraction of sp³-hybridized carbons (Fsp3) is 0.600. The van der Waals surface area contributed by atoms with Gasteiger partial charge in [0.2, 0.25) is 10.0 Å². The van der Waals surface area contributed by atoms with Crippen molar-refractivity contribution in [3.05, 3.63) is 29.6 Å². The summed E-state index contributed by atoms with van der Waals surface area (Å²) < 4.78 is 40.0. The van der Waals surface area contributed by atoms with Gasteiger partial charge in [-0.25, -0.2) is 17.1 Å². The second-order valence-corrected chi connectivity index (χ2v) is 7.76. The Morgan fingerprint density at radius 3 is 2.57 bits per heavy atom. The van der Waals surface area contributed by atoms with Gasteiger partial charge < -0.3 is 5.73 Å². The average Bonchev–Trinajstić information content (AvgIpc) is 2.48. The number of nitrogens with two attached hydrogens (primary N) is 1. The van der Waals surface area contributed by atoms with Crippen molar-refractivity contribution in [2.24, 2.45) is 11.7 Å². The van der Waals surface area contributed by atoms with E-state index in [4.69, 9.17) is 5.73 Å². The lowest BCUT2D eigenvalue weighted by molar-refractivity contribution is 0.300. The van der Waals surface area contributed by atoms with Crippen LogP contribution in [0.5, 0.6) is 0 Å². The Bertz CT molecular complexity index is 583. The Balaban J connectivity index is 2.22. The summed E-state index contributed by atoms with van der Waals surface area (Å²) in [6.45, 7) is 0.564. The van der Waals surface area contributed by atoms with Gasteiger partial charge in [0.25, 0.3) is 0 Å². The van der Waals surface area contributed by atoms with Crippen molar-refractivity contribution < 1.29 is 12.8 Å². The zero-order valence-electron chi connectivity index (χ0n) is 12.4. The van der Waals surface area contributed by atoms with Gasteiger partial charge >= 0.3 is 0 Å². The van der Waals surface area contributed by atoms with Gasteiger partial charge in [-0.15, -0.1) is 0 Å². The van der Waals surface area contributed by atoms with Crippen LogP contribution in [0.4, 0.5) is 4.39 Å². The van der Waals surface area contributed by atoms with Gasteiger partial charge in [0, 0.05) is 20.1 Å². The molecule has 2 N–H and O–H groups in total. The minimum absolute atomic E-state index is 0.0108. The van der Waals surface area contributed by atoms with E-state index in [0.29, 0.717) is 18.0 Å². The van der Waals surface area contributed by atoms with Crippen LogP contribution in [0.3, 0.4) is 0 Å². The highest BCUT2D eigenvalue weighted by Crippen LogP contribution is 2.27. The number of nitrogens with zero attached hydrogens (tertiary/aromatic N) is 1. The van der Waals surface area contributed by atoms with Gasteiger partial charge in [-0.1, -0.05) is 25.3 Å². The van der Waals surface area contributed by atoms with Crippen LogP contribution >= 0.6 is 0 Å². The standard InChI is InChI=1S/C15H23FN2O2S/c1-18(11-12-5-3-2-4-6-12)21(19,20)15-9-14(16)8-7-13(15)10-17/h7-9,12H,2-6,10-11,17H2,1H3. The van der Waals surface area contributed by atoms with Crippen LogP contribution in [0, 0.1) is 11.7 Å². The molecule has 0 heterocycles. The lowest BCUT2D eigenvalue weighted by Crippen LogP contribution is -2.33. The SMILES string of the molecule is CN(CC1CCCCC1)S(=O)(=O)c1cc(F)ccc1CN. The summed E-state index contributed by atoms with van der Waals surface area (Å²) in [5, 5.41) is 0. The quantitative estimate of drug-likeness (QED) is 0.908. The Morgan fingerprint density at radius 1 is 1.29 bits per heavy atom. The summed E-state index contributed by atoms with van der Waals surface area (Å²) in [6, 6.07) is 3.74. The summed E-state index contributed by atoms with van der Waals surface area (Å²) in [5.74, 6) is -0.162. The minimum Gasteiger partial charge on any atom is -0.326 e. The third kappa shape index (κ3) is 3.81. The molecule has 4 nitrogen and oxygen atoms in total. The van der Waals surface area contributed by atoms with Crippen molar-refractivity contribution in [1.29, 1.82) is 0 Å². The lowest BCUT2D eigenvalue weighted by atomic mass is 9.89. The molecule has 2 rings (SSSR count). The van der Waals surface area contributed by atoms with E-state index in [9.17, 15) is 12.8 Å². The van der Waals surface area contributed by atoms with Gasteiger partial charge in [0.05, 0.1) is 4.90 Å². The maximum absolute atomic E-state index is 13.4. The lowest BCUT2D eigenvalue weighted by Gasteiger charge is -2.27. The average molecular weight is 314 g/mol. The molecule has 0 aliphatic heterocycles. The molecule has 1 aromatic carbocycles. The van der Waals surface area contributed by atoms with E-state index in [2.05, 4.69) is 0 Å². The Labute approximate surface area is 126 Å². The molecule has 0 unspecified atom stereocenters. The normalized spacial score (nSPS) is 17.3. The largest absolute Gasteiger partial charge is 0.326 e. The molecule has 0 radical (unpaired) electrons. The van der Waals surface area contributed by atoms with E-state index < -0.39 is 15.8 Å². The summed E-state index contributed by atoms with van der Waals surface area (Å²) in [4.78, 5) is -0.0108. The first-order chi connectivity index (χ1) is 9.95. The van der Waals surface area contributed by atoms with Gasteiger partial charge in [0.1, 0.15) is 5.82 Å². The highest BCUT2D eigenvalue weighted by atomic mass is 32.2. The number of hydrogen-bond acceptors (Lipinski definition) is 3. The van der Waals surface area contributed by atoms with Crippen LogP contribution in [-0.4, -0.2) is 26.3 Å². The molecule has 1 aliphatic carbocycles. The Morgan fingerprint density at radius 2 is 1.95 bits per heavy atom. The molecule has 0 spiro atoms. The smallest absolute Gasteiger partial charge is 0.243 e. The topological polar surface area (TPSA) is 63.4 Å². The fourth-order valence-corrected chi connectivity index (χ4v) is 4.42. The number of rotatable bonds is 5. The second kappa shape index (κ2) is 6.85. The second-order valence-electron chi connectivity index (χ2n) is 5.75. The van der Waals surface area contributed by atoms with Crippen molar-refractivity contribution >= 4 is 10.0 Å². The van der Waals surface area contributed by atoms with E-state index >= 15 is 0 Å². The fourth-order valence-electron chi connectivity index (χ4n) is 2.94.